The summed E-state index contributed by atoms with van der Waals surface area (Å²) in [6, 6.07) is 17.3. The summed E-state index contributed by atoms with van der Waals surface area (Å²) in [6.45, 7) is 5.32. The maximum Gasteiger partial charge on any atom is 0.253 e. The minimum Gasteiger partial charge on any atom is -0.339 e. The second kappa shape index (κ2) is 8.38. The summed E-state index contributed by atoms with van der Waals surface area (Å²) in [5, 5.41) is 3.08. The van der Waals surface area contributed by atoms with Gasteiger partial charge in [0.25, 0.3) is 5.91 Å². The van der Waals surface area contributed by atoms with Gasteiger partial charge >= 0.3 is 0 Å². The number of nitrogens with one attached hydrogen (secondary N) is 1. The van der Waals surface area contributed by atoms with Crippen molar-refractivity contribution in [2.75, 3.05) is 18.4 Å². The number of anilines is 1. The molecule has 27 heavy (non-hydrogen) atoms. The molecule has 2 amide bonds. The number of rotatable bonds is 6. The average Bonchev–Trinajstić information content (AvgIpc) is 3.21. The third kappa shape index (κ3) is 3.90. The van der Waals surface area contributed by atoms with Crippen molar-refractivity contribution in [3.8, 4) is 0 Å². The molecule has 4 nitrogen and oxygen atoms in total. The van der Waals surface area contributed by atoms with E-state index in [0.717, 1.165) is 36.9 Å². The number of amides is 2. The Morgan fingerprint density at radius 3 is 2.07 bits per heavy atom. The first-order chi connectivity index (χ1) is 13.1. The first-order valence-electron chi connectivity index (χ1n) is 9.87. The molecule has 1 aliphatic rings. The molecule has 0 bridgehead atoms. The van der Waals surface area contributed by atoms with Crippen molar-refractivity contribution < 1.29 is 9.59 Å². The van der Waals surface area contributed by atoms with E-state index in [1.807, 2.05) is 44.2 Å². The molecule has 2 aromatic rings. The highest BCUT2D eigenvalue weighted by Gasteiger charge is 2.42. The lowest BCUT2D eigenvalue weighted by atomic mass is 9.78. The van der Waals surface area contributed by atoms with Gasteiger partial charge in [-0.05, 0) is 56.5 Å². The van der Waals surface area contributed by atoms with Gasteiger partial charge in [-0.25, -0.2) is 0 Å². The van der Waals surface area contributed by atoms with Crippen LogP contribution >= 0.6 is 0 Å². The van der Waals surface area contributed by atoms with Gasteiger partial charge in [0.15, 0.2) is 0 Å². The highest BCUT2D eigenvalue weighted by molar-refractivity contribution is 6.00. The fourth-order valence-corrected chi connectivity index (χ4v) is 4.02. The largest absolute Gasteiger partial charge is 0.339 e. The van der Waals surface area contributed by atoms with Crippen LogP contribution in [0.2, 0.25) is 0 Å². The van der Waals surface area contributed by atoms with E-state index < -0.39 is 5.41 Å². The van der Waals surface area contributed by atoms with Crippen molar-refractivity contribution in [3.05, 3.63) is 65.7 Å². The number of carbonyl (C=O) groups is 2. The maximum atomic E-state index is 13.2. The van der Waals surface area contributed by atoms with Gasteiger partial charge < -0.3 is 10.2 Å². The highest BCUT2D eigenvalue weighted by Crippen LogP contribution is 2.42. The number of hydrogen-bond acceptors (Lipinski definition) is 2. The molecule has 0 atom stereocenters. The summed E-state index contributed by atoms with van der Waals surface area (Å²) in [5.41, 5.74) is 2.03. The zero-order valence-electron chi connectivity index (χ0n) is 16.2. The first kappa shape index (κ1) is 19.2. The molecule has 3 rings (SSSR count). The lowest BCUT2D eigenvalue weighted by Gasteiger charge is -2.28. The van der Waals surface area contributed by atoms with Crippen molar-refractivity contribution in [1.29, 1.82) is 0 Å². The van der Waals surface area contributed by atoms with Crippen molar-refractivity contribution in [2.24, 2.45) is 0 Å². The summed E-state index contributed by atoms with van der Waals surface area (Å²) >= 11 is 0. The zero-order valence-corrected chi connectivity index (χ0v) is 16.2. The molecular formula is C23H28N2O2. The van der Waals surface area contributed by atoms with Gasteiger partial charge in [0.05, 0.1) is 5.41 Å². The topological polar surface area (TPSA) is 49.4 Å². The highest BCUT2D eigenvalue weighted by atomic mass is 16.2. The molecule has 4 heteroatoms. The Kier molecular flexibility index (Phi) is 5.94. The van der Waals surface area contributed by atoms with Crippen LogP contribution in [-0.2, 0) is 10.2 Å². The Morgan fingerprint density at radius 1 is 0.926 bits per heavy atom. The van der Waals surface area contributed by atoms with Crippen LogP contribution in [0.15, 0.2) is 54.6 Å². The van der Waals surface area contributed by atoms with Crippen LogP contribution in [0.5, 0.6) is 0 Å². The monoisotopic (exact) mass is 364 g/mol. The molecule has 0 radical (unpaired) electrons. The van der Waals surface area contributed by atoms with Crippen LogP contribution in [0.4, 0.5) is 5.69 Å². The summed E-state index contributed by atoms with van der Waals surface area (Å²) in [7, 11) is 0. The second-order valence-electron chi connectivity index (χ2n) is 7.16. The third-order valence-electron chi connectivity index (χ3n) is 5.66. The quantitative estimate of drug-likeness (QED) is 0.813. The fraction of sp³-hybridized carbons (Fsp3) is 0.391. The molecule has 0 unspecified atom stereocenters. The van der Waals surface area contributed by atoms with E-state index in [1.165, 1.54) is 0 Å². The summed E-state index contributed by atoms with van der Waals surface area (Å²) in [5.74, 6) is 0.0726. The molecule has 0 saturated heterocycles. The van der Waals surface area contributed by atoms with Gasteiger partial charge in [0.1, 0.15) is 0 Å². The van der Waals surface area contributed by atoms with Crippen LogP contribution < -0.4 is 5.32 Å². The number of nitrogens with zero attached hydrogens (tertiary/aromatic N) is 1. The number of hydrogen-bond donors (Lipinski definition) is 1. The van der Waals surface area contributed by atoms with E-state index in [1.54, 1.807) is 17.0 Å². The number of carbonyl (C=O) groups excluding carboxylic acids is 2. The molecule has 2 aromatic carbocycles. The van der Waals surface area contributed by atoms with E-state index in [4.69, 9.17) is 0 Å². The minimum absolute atomic E-state index is 0.0226. The molecule has 0 heterocycles. The predicted octanol–water partition coefficient (Wildman–Crippen LogP) is 4.62. The van der Waals surface area contributed by atoms with Gasteiger partial charge in [0.2, 0.25) is 5.91 Å². The maximum absolute atomic E-state index is 13.2. The lowest BCUT2D eigenvalue weighted by Crippen LogP contribution is -2.38. The molecule has 1 aliphatic carbocycles. The van der Waals surface area contributed by atoms with Gasteiger partial charge in [-0.15, -0.1) is 0 Å². The van der Waals surface area contributed by atoms with Crippen molar-refractivity contribution >= 4 is 17.5 Å². The van der Waals surface area contributed by atoms with E-state index in [9.17, 15) is 9.59 Å². The van der Waals surface area contributed by atoms with Crippen molar-refractivity contribution in [1.82, 2.24) is 4.90 Å². The fourth-order valence-electron chi connectivity index (χ4n) is 4.02. The van der Waals surface area contributed by atoms with E-state index in [0.29, 0.717) is 18.7 Å². The summed E-state index contributed by atoms with van der Waals surface area (Å²) in [6.07, 6.45) is 3.89. The van der Waals surface area contributed by atoms with E-state index >= 15 is 0 Å². The smallest absolute Gasteiger partial charge is 0.253 e. The minimum atomic E-state index is -0.447. The zero-order chi connectivity index (χ0) is 19.3. The van der Waals surface area contributed by atoms with Crippen molar-refractivity contribution in [2.45, 2.75) is 44.9 Å². The van der Waals surface area contributed by atoms with Crippen LogP contribution in [-0.4, -0.2) is 29.8 Å². The standard InChI is InChI=1S/C23H28N2O2/c1-3-25(4-2)21(26)18-12-14-20(15-13-18)24-22(27)23(16-8-9-17-23)19-10-6-5-7-11-19/h5-7,10-15H,3-4,8-9,16-17H2,1-2H3,(H,24,27). The summed E-state index contributed by atoms with van der Waals surface area (Å²) < 4.78 is 0. The lowest BCUT2D eigenvalue weighted by molar-refractivity contribution is -0.121. The van der Waals surface area contributed by atoms with Gasteiger partial charge in [0, 0.05) is 24.3 Å². The molecule has 0 aromatic heterocycles. The SMILES string of the molecule is CCN(CC)C(=O)c1ccc(NC(=O)C2(c3ccccc3)CCCC2)cc1. The van der Waals surface area contributed by atoms with Crippen LogP contribution in [0.25, 0.3) is 0 Å². The van der Waals surface area contributed by atoms with E-state index in [2.05, 4.69) is 17.4 Å². The Balaban J connectivity index is 1.76. The first-order valence-corrected chi connectivity index (χ1v) is 9.87. The molecule has 1 saturated carbocycles. The molecule has 0 spiro atoms. The Bertz CT molecular complexity index is 774. The molecule has 0 aliphatic heterocycles. The third-order valence-corrected chi connectivity index (χ3v) is 5.66. The molecule has 142 valence electrons. The van der Waals surface area contributed by atoms with Crippen LogP contribution in [0.3, 0.4) is 0 Å². The Hall–Kier alpha value is -2.62. The molecule has 1 N–H and O–H groups in total. The summed E-state index contributed by atoms with van der Waals surface area (Å²) in [4.78, 5) is 27.4. The van der Waals surface area contributed by atoms with Gasteiger partial charge in [-0.2, -0.15) is 0 Å². The predicted molar refractivity (Wildman–Crippen MR) is 109 cm³/mol. The van der Waals surface area contributed by atoms with Crippen LogP contribution in [0, 0.1) is 0 Å². The normalized spacial score (nSPS) is 15.3. The van der Waals surface area contributed by atoms with Crippen molar-refractivity contribution in [3.63, 3.8) is 0 Å². The molecular weight excluding hydrogens is 336 g/mol. The van der Waals surface area contributed by atoms with E-state index in [-0.39, 0.29) is 11.8 Å². The second-order valence-corrected chi connectivity index (χ2v) is 7.16. The van der Waals surface area contributed by atoms with Crippen LogP contribution in [0.1, 0.15) is 55.5 Å². The Labute approximate surface area is 161 Å². The average molecular weight is 364 g/mol. The molecule has 1 fully saturated rings. The Morgan fingerprint density at radius 2 is 1.52 bits per heavy atom. The van der Waals surface area contributed by atoms with Gasteiger partial charge in [-0.1, -0.05) is 43.2 Å². The van der Waals surface area contributed by atoms with Gasteiger partial charge in [-0.3, -0.25) is 9.59 Å². The number of benzene rings is 2.